The largest absolute Gasteiger partial charge is 0.373 e. The highest BCUT2D eigenvalue weighted by molar-refractivity contribution is 6.00. The van der Waals surface area contributed by atoms with Crippen LogP contribution in [0.1, 0.15) is 28.9 Å². The highest BCUT2D eigenvalue weighted by Gasteiger charge is 2.26. The molecule has 1 fully saturated rings. The fourth-order valence-electron chi connectivity index (χ4n) is 3.42. The molecule has 4 aromatic rings. The van der Waals surface area contributed by atoms with Crippen LogP contribution in [-0.4, -0.2) is 47.9 Å². The van der Waals surface area contributed by atoms with Crippen LogP contribution in [-0.2, 0) is 7.05 Å². The van der Waals surface area contributed by atoms with Gasteiger partial charge in [-0.1, -0.05) is 0 Å². The van der Waals surface area contributed by atoms with Crippen molar-refractivity contribution < 1.29 is 4.79 Å². The lowest BCUT2D eigenvalue weighted by atomic mass is 10.3. The Morgan fingerprint density at radius 2 is 2.06 bits per heavy atom. The van der Waals surface area contributed by atoms with Gasteiger partial charge in [0.25, 0.3) is 11.5 Å². The van der Waals surface area contributed by atoms with E-state index in [2.05, 4.69) is 31.1 Å². The molecule has 0 atom stereocenters. The van der Waals surface area contributed by atoms with E-state index < -0.39 is 0 Å². The minimum atomic E-state index is -0.265. The van der Waals surface area contributed by atoms with Gasteiger partial charge in [-0.2, -0.15) is 14.7 Å². The van der Waals surface area contributed by atoms with E-state index in [1.165, 1.54) is 10.8 Å². The fraction of sp³-hybridized carbons (Fsp3) is 0.286. The molecule has 0 aliphatic heterocycles. The van der Waals surface area contributed by atoms with Gasteiger partial charge in [-0.05, 0) is 31.9 Å². The van der Waals surface area contributed by atoms with E-state index in [9.17, 15) is 9.59 Å². The van der Waals surface area contributed by atoms with E-state index in [1.807, 2.05) is 20.0 Å². The molecule has 1 saturated carbocycles. The zero-order valence-corrected chi connectivity index (χ0v) is 18.0. The summed E-state index contributed by atoms with van der Waals surface area (Å²) in [4.78, 5) is 30.3. The Hall–Kier alpha value is -4.15. The molecule has 0 saturated heterocycles. The lowest BCUT2D eigenvalue weighted by Gasteiger charge is -2.11. The van der Waals surface area contributed by atoms with Crippen LogP contribution in [0, 0.1) is 6.92 Å². The molecule has 0 radical (unpaired) electrons. The summed E-state index contributed by atoms with van der Waals surface area (Å²) in [5.74, 6) is 1.36. The molecule has 164 valence electrons. The first-order valence-electron chi connectivity index (χ1n) is 10.3. The third-order valence-corrected chi connectivity index (χ3v) is 5.44. The molecule has 32 heavy (non-hydrogen) atoms. The SMILES string of the molecule is CNc1cc(Nc2cccn(-c3cc(C)n(C)n3)c2=O)nc2c(C(=O)NC3CC3)cnn12. The molecule has 0 spiro atoms. The number of fused-ring (bicyclic) bond motifs is 1. The maximum Gasteiger partial charge on any atom is 0.280 e. The fourth-order valence-corrected chi connectivity index (χ4v) is 3.42. The molecule has 4 aromatic heterocycles. The molecule has 11 heteroatoms. The maximum absolute atomic E-state index is 13.1. The average molecular weight is 433 g/mol. The zero-order valence-electron chi connectivity index (χ0n) is 18.0. The smallest absolute Gasteiger partial charge is 0.280 e. The van der Waals surface area contributed by atoms with Crippen molar-refractivity contribution in [1.82, 2.24) is 34.3 Å². The third-order valence-electron chi connectivity index (χ3n) is 5.44. The van der Waals surface area contributed by atoms with Crippen LogP contribution in [0.4, 0.5) is 17.3 Å². The van der Waals surface area contributed by atoms with Crippen LogP contribution in [0.15, 0.2) is 41.5 Å². The Kier molecular flexibility index (Phi) is 4.65. The van der Waals surface area contributed by atoms with E-state index >= 15 is 0 Å². The third kappa shape index (κ3) is 3.47. The summed E-state index contributed by atoms with van der Waals surface area (Å²) in [6, 6.07) is 7.23. The molecule has 1 aliphatic carbocycles. The minimum absolute atomic E-state index is 0.207. The van der Waals surface area contributed by atoms with E-state index in [0.29, 0.717) is 34.4 Å². The van der Waals surface area contributed by atoms with Gasteiger partial charge in [-0.3, -0.25) is 18.8 Å². The van der Waals surface area contributed by atoms with Gasteiger partial charge in [0.1, 0.15) is 22.9 Å². The van der Waals surface area contributed by atoms with Crippen molar-refractivity contribution in [3.8, 4) is 5.82 Å². The summed E-state index contributed by atoms with van der Waals surface area (Å²) < 4.78 is 4.75. The van der Waals surface area contributed by atoms with Crippen molar-refractivity contribution in [2.45, 2.75) is 25.8 Å². The Morgan fingerprint density at radius 1 is 1.25 bits per heavy atom. The lowest BCUT2D eigenvalue weighted by Crippen LogP contribution is -2.25. The topological polar surface area (TPSA) is 123 Å². The predicted octanol–water partition coefficient (Wildman–Crippen LogP) is 1.60. The number of aryl methyl sites for hydroxylation is 2. The molecule has 5 rings (SSSR count). The highest BCUT2D eigenvalue weighted by Crippen LogP contribution is 2.23. The van der Waals surface area contributed by atoms with Gasteiger partial charge in [0, 0.05) is 44.2 Å². The van der Waals surface area contributed by atoms with E-state index in [0.717, 1.165) is 18.5 Å². The number of hydrogen-bond donors (Lipinski definition) is 3. The van der Waals surface area contributed by atoms with Gasteiger partial charge in [0.15, 0.2) is 11.5 Å². The molecule has 3 N–H and O–H groups in total. The van der Waals surface area contributed by atoms with Crippen LogP contribution in [0.3, 0.4) is 0 Å². The van der Waals surface area contributed by atoms with Crippen LogP contribution in [0.5, 0.6) is 0 Å². The van der Waals surface area contributed by atoms with Crippen LogP contribution >= 0.6 is 0 Å². The van der Waals surface area contributed by atoms with E-state index in [1.54, 1.807) is 40.6 Å². The van der Waals surface area contributed by atoms with E-state index in [-0.39, 0.29) is 17.5 Å². The molecule has 1 aliphatic rings. The molecule has 4 heterocycles. The molecule has 1 amide bonds. The van der Waals surface area contributed by atoms with Crippen molar-refractivity contribution in [2.24, 2.45) is 7.05 Å². The van der Waals surface area contributed by atoms with Gasteiger partial charge >= 0.3 is 0 Å². The molecule has 0 unspecified atom stereocenters. The molecule has 0 aromatic carbocycles. The Bertz CT molecular complexity index is 1370. The molecular weight excluding hydrogens is 410 g/mol. The lowest BCUT2D eigenvalue weighted by molar-refractivity contribution is 0.0952. The number of carbonyl (C=O) groups excluding carboxylic acids is 1. The van der Waals surface area contributed by atoms with Gasteiger partial charge < -0.3 is 16.0 Å². The number of nitrogens with one attached hydrogen (secondary N) is 3. The van der Waals surface area contributed by atoms with E-state index in [4.69, 9.17) is 0 Å². The van der Waals surface area contributed by atoms with Crippen LogP contribution in [0.25, 0.3) is 11.5 Å². The molecule has 0 bridgehead atoms. The number of rotatable bonds is 6. The second kappa shape index (κ2) is 7.52. The molecular formula is C21H23N9O2. The number of aromatic nitrogens is 6. The summed E-state index contributed by atoms with van der Waals surface area (Å²) in [5.41, 5.74) is 1.78. The Labute approximate surface area is 183 Å². The second-order valence-corrected chi connectivity index (χ2v) is 7.81. The summed E-state index contributed by atoms with van der Waals surface area (Å²) in [6.07, 6.45) is 5.15. The first-order valence-corrected chi connectivity index (χ1v) is 10.3. The predicted molar refractivity (Wildman–Crippen MR) is 120 cm³/mol. The summed E-state index contributed by atoms with van der Waals surface area (Å²) >= 11 is 0. The van der Waals surface area contributed by atoms with Crippen molar-refractivity contribution in [3.05, 3.63) is 58.3 Å². The van der Waals surface area contributed by atoms with Crippen molar-refractivity contribution in [3.63, 3.8) is 0 Å². The average Bonchev–Trinajstić information content (AvgIpc) is 3.38. The summed E-state index contributed by atoms with van der Waals surface area (Å²) in [5, 5.41) is 17.8. The van der Waals surface area contributed by atoms with Crippen LogP contribution in [0.2, 0.25) is 0 Å². The quantitative estimate of drug-likeness (QED) is 0.422. The standard InChI is InChI=1S/C21H23N9O2/c1-12-9-18(27-28(12)3)29-8-4-5-15(21(29)32)25-16-10-17(22-2)30-19(26-16)14(11-23-30)20(31)24-13-6-7-13/h4-5,8-11,13,22H,6-7H2,1-3H3,(H,24,31)(H,25,26). The number of hydrogen-bond acceptors (Lipinski definition) is 7. The monoisotopic (exact) mass is 433 g/mol. The summed E-state index contributed by atoms with van der Waals surface area (Å²) in [7, 11) is 3.58. The van der Waals surface area contributed by atoms with Crippen LogP contribution < -0.4 is 21.5 Å². The van der Waals surface area contributed by atoms with Gasteiger partial charge in [0.05, 0.1) is 6.20 Å². The Balaban J connectivity index is 1.53. The van der Waals surface area contributed by atoms with Crippen molar-refractivity contribution in [2.75, 3.05) is 17.7 Å². The first kappa shape index (κ1) is 19.8. The number of amides is 1. The van der Waals surface area contributed by atoms with Gasteiger partial charge in [0.2, 0.25) is 0 Å². The normalized spacial score (nSPS) is 13.3. The number of carbonyl (C=O) groups is 1. The van der Waals surface area contributed by atoms with Crippen molar-refractivity contribution in [1.29, 1.82) is 0 Å². The minimum Gasteiger partial charge on any atom is -0.373 e. The number of anilines is 3. The second-order valence-electron chi connectivity index (χ2n) is 7.81. The first-order chi connectivity index (χ1) is 15.4. The Morgan fingerprint density at radius 3 is 2.75 bits per heavy atom. The zero-order chi connectivity index (χ0) is 22.4. The van der Waals surface area contributed by atoms with Gasteiger partial charge in [-0.15, -0.1) is 0 Å². The highest BCUT2D eigenvalue weighted by atomic mass is 16.2. The maximum atomic E-state index is 13.1. The van der Waals surface area contributed by atoms with Crippen molar-refractivity contribution >= 4 is 28.9 Å². The van der Waals surface area contributed by atoms with Gasteiger partial charge in [-0.25, -0.2) is 4.98 Å². The number of pyridine rings is 1. The molecule has 11 nitrogen and oxygen atoms in total. The number of nitrogens with zero attached hydrogens (tertiary/aromatic N) is 6. The summed E-state index contributed by atoms with van der Waals surface area (Å²) in [6.45, 7) is 1.92.